The number of aromatic nitrogens is 1. The Bertz CT molecular complexity index is 1130. The predicted molar refractivity (Wildman–Crippen MR) is 128 cm³/mol. The number of piperazine rings is 1. The van der Waals surface area contributed by atoms with Gasteiger partial charge in [0, 0.05) is 60.0 Å². The largest absolute Gasteiger partial charge is 0.369 e. The zero-order valence-corrected chi connectivity index (χ0v) is 19.2. The quantitative estimate of drug-likeness (QED) is 0.393. The zero-order chi connectivity index (χ0) is 22.7. The van der Waals surface area contributed by atoms with Gasteiger partial charge in [-0.2, -0.15) is 0 Å². The number of thiazole rings is 1. The molecule has 11 heteroatoms. The van der Waals surface area contributed by atoms with E-state index < -0.39 is 4.92 Å². The van der Waals surface area contributed by atoms with Crippen LogP contribution in [0.5, 0.6) is 0 Å². The summed E-state index contributed by atoms with van der Waals surface area (Å²) in [6, 6.07) is 11.7. The predicted octanol–water partition coefficient (Wildman–Crippen LogP) is 4.79. The van der Waals surface area contributed by atoms with Gasteiger partial charge in [0.05, 0.1) is 22.2 Å². The minimum Gasteiger partial charge on any atom is -0.369 e. The average molecular weight is 492 g/mol. The van der Waals surface area contributed by atoms with Gasteiger partial charge in [-0.25, -0.2) is 4.98 Å². The SMILES string of the molecule is O=C(CN1CCN(c2ccc([N+](=O)[O-])cc2)CC1)Nc1nc(-c2ccc(Cl)cc2Cl)cs1. The van der Waals surface area contributed by atoms with E-state index in [1.807, 2.05) is 5.38 Å². The number of hydrogen-bond acceptors (Lipinski definition) is 7. The van der Waals surface area contributed by atoms with E-state index in [9.17, 15) is 14.9 Å². The number of halogens is 2. The number of benzene rings is 2. The van der Waals surface area contributed by atoms with Crippen LogP contribution in [0.2, 0.25) is 10.0 Å². The molecule has 0 unspecified atom stereocenters. The van der Waals surface area contributed by atoms with Gasteiger partial charge in [0.1, 0.15) is 0 Å². The first-order valence-electron chi connectivity index (χ1n) is 9.81. The lowest BCUT2D eigenvalue weighted by molar-refractivity contribution is -0.384. The van der Waals surface area contributed by atoms with Crippen molar-refractivity contribution in [3.05, 3.63) is 68.0 Å². The summed E-state index contributed by atoms with van der Waals surface area (Å²) in [5.74, 6) is -0.128. The molecule has 166 valence electrons. The van der Waals surface area contributed by atoms with Crippen molar-refractivity contribution in [3.63, 3.8) is 0 Å². The van der Waals surface area contributed by atoms with Crippen molar-refractivity contribution >= 4 is 57.0 Å². The van der Waals surface area contributed by atoms with Gasteiger partial charge in [-0.1, -0.05) is 23.2 Å². The van der Waals surface area contributed by atoms with E-state index in [-0.39, 0.29) is 18.1 Å². The Labute approximate surface area is 198 Å². The van der Waals surface area contributed by atoms with Crippen LogP contribution in [0, 0.1) is 10.1 Å². The summed E-state index contributed by atoms with van der Waals surface area (Å²) in [5.41, 5.74) is 2.46. The lowest BCUT2D eigenvalue weighted by Gasteiger charge is -2.35. The van der Waals surface area contributed by atoms with Crippen LogP contribution >= 0.6 is 34.5 Å². The summed E-state index contributed by atoms with van der Waals surface area (Å²) >= 11 is 13.5. The van der Waals surface area contributed by atoms with Crippen molar-refractivity contribution in [2.75, 3.05) is 42.9 Å². The normalized spacial score (nSPS) is 14.4. The van der Waals surface area contributed by atoms with Gasteiger partial charge in [-0.15, -0.1) is 11.3 Å². The van der Waals surface area contributed by atoms with Crippen molar-refractivity contribution in [1.82, 2.24) is 9.88 Å². The van der Waals surface area contributed by atoms with Gasteiger partial charge >= 0.3 is 0 Å². The fourth-order valence-corrected chi connectivity index (χ4v) is 4.70. The molecule has 8 nitrogen and oxygen atoms in total. The first kappa shape index (κ1) is 22.5. The standard InChI is InChI=1S/C21H19Cl2N5O3S/c22-14-1-6-17(18(23)11-14)19-13-32-21(24-19)25-20(29)12-26-7-9-27(10-8-26)15-2-4-16(5-3-15)28(30)31/h1-6,11,13H,7-10,12H2,(H,24,25,29). The van der Waals surface area contributed by atoms with Crippen molar-refractivity contribution < 1.29 is 9.72 Å². The van der Waals surface area contributed by atoms with Crippen LogP contribution in [0.4, 0.5) is 16.5 Å². The molecule has 2 heterocycles. The lowest BCUT2D eigenvalue weighted by Crippen LogP contribution is -2.48. The number of nitrogens with one attached hydrogen (secondary N) is 1. The first-order valence-corrected chi connectivity index (χ1v) is 11.4. The topological polar surface area (TPSA) is 91.6 Å². The second-order valence-corrected chi connectivity index (χ2v) is 8.95. The molecule has 0 bridgehead atoms. The molecule has 0 saturated carbocycles. The summed E-state index contributed by atoms with van der Waals surface area (Å²) in [7, 11) is 0. The molecule has 0 aliphatic carbocycles. The van der Waals surface area contributed by atoms with Gasteiger partial charge in [0.2, 0.25) is 5.91 Å². The van der Waals surface area contributed by atoms with E-state index >= 15 is 0 Å². The van der Waals surface area contributed by atoms with Crippen molar-refractivity contribution in [1.29, 1.82) is 0 Å². The molecule has 0 atom stereocenters. The molecule has 1 aliphatic rings. The van der Waals surface area contributed by atoms with Gasteiger partial charge in [0.15, 0.2) is 5.13 Å². The second-order valence-electron chi connectivity index (χ2n) is 7.25. The van der Waals surface area contributed by atoms with E-state index in [1.165, 1.54) is 23.5 Å². The monoisotopic (exact) mass is 491 g/mol. The summed E-state index contributed by atoms with van der Waals surface area (Å²) in [6.45, 7) is 3.18. The number of amides is 1. The number of rotatable bonds is 6. The molecule has 0 radical (unpaired) electrons. The molecule has 4 rings (SSSR count). The van der Waals surface area contributed by atoms with Crippen molar-refractivity contribution in [2.24, 2.45) is 0 Å². The highest BCUT2D eigenvalue weighted by Crippen LogP contribution is 2.32. The molecule has 2 aromatic carbocycles. The Morgan fingerprint density at radius 2 is 1.84 bits per heavy atom. The highest BCUT2D eigenvalue weighted by Gasteiger charge is 2.20. The minimum atomic E-state index is -0.407. The van der Waals surface area contributed by atoms with E-state index in [0.717, 1.165) is 24.3 Å². The molecule has 3 aromatic rings. The number of nitrogens with zero attached hydrogens (tertiary/aromatic N) is 4. The van der Waals surface area contributed by atoms with Gasteiger partial charge in [0.25, 0.3) is 5.69 Å². The molecular formula is C21H19Cl2N5O3S. The third kappa shape index (κ3) is 5.36. The lowest BCUT2D eigenvalue weighted by atomic mass is 10.2. The smallest absolute Gasteiger partial charge is 0.269 e. The van der Waals surface area contributed by atoms with Gasteiger partial charge < -0.3 is 10.2 Å². The summed E-state index contributed by atoms with van der Waals surface area (Å²) in [4.78, 5) is 31.6. The zero-order valence-electron chi connectivity index (χ0n) is 16.8. The van der Waals surface area contributed by atoms with E-state index in [1.54, 1.807) is 30.3 Å². The van der Waals surface area contributed by atoms with Crippen LogP contribution in [0.15, 0.2) is 47.8 Å². The van der Waals surface area contributed by atoms with Gasteiger partial charge in [-0.3, -0.25) is 19.8 Å². The Hall–Kier alpha value is -2.72. The molecule has 32 heavy (non-hydrogen) atoms. The third-order valence-electron chi connectivity index (χ3n) is 5.12. The van der Waals surface area contributed by atoms with Crippen LogP contribution in [-0.4, -0.2) is 53.4 Å². The van der Waals surface area contributed by atoms with Crippen molar-refractivity contribution in [2.45, 2.75) is 0 Å². The van der Waals surface area contributed by atoms with Crippen LogP contribution in [0.1, 0.15) is 0 Å². The highest BCUT2D eigenvalue weighted by molar-refractivity contribution is 7.14. The van der Waals surface area contributed by atoms with E-state index in [2.05, 4.69) is 20.1 Å². The summed E-state index contributed by atoms with van der Waals surface area (Å²) in [5, 5.41) is 17.1. The molecule has 1 amide bonds. The molecular weight excluding hydrogens is 473 g/mol. The number of carbonyl (C=O) groups is 1. The van der Waals surface area contributed by atoms with Crippen LogP contribution in [0.25, 0.3) is 11.3 Å². The summed E-state index contributed by atoms with van der Waals surface area (Å²) in [6.07, 6.45) is 0. The Kier molecular flexibility index (Phi) is 6.90. The van der Waals surface area contributed by atoms with Gasteiger partial charge in [-0.05, 0) is 30.3 Å². The molecule has 1 aliphatic heterocycles. The molecule has 1 fully saturated rings. The van der Waals surface area contributed by atoms with E-state index in [0.29, 0.717) is 34.0 Å². The van der Waals surface area contributed by atoms with Crippen molar-refractivity contribution in [3.8, 4) is 11.3 Å². The number of nitro groups is 1. The maximum Gasteiger partial charge on any atom is 0.269 e. The number of anilines is 2. The number of hydrogen-bond donors (Lipinski definition) is 1. The molecule has 1 aromatic heterocycles. The maximum absolute atomic E-state index is 12.5. The summed E-state index contributed by atoms with van der Waals surface area (Å²) < 4.78 is 0. The molecule has 1 saturated heterocycles. The van der Waals surface area contributed by atoms with Crippen LogP contribution in [-0.2, 0) is 4.79 Å². The number of non-ortho nitro benzene ring substituents is 1. The minimum absolute atomic E-state index is 0.0766. The number of nitro benzene ring substituents is 1. The Balaban J connectivity index is 1.28. The molecule has 1 N–H and O–H groups in total. The first-order chi connectivity index (χ1) is 15.4. The number of carbonyl (C=O) groups excluding carboxylic acids is 1. The fraction of sp³-hybridized carbons (Fsp3) is 0.238. The third-order valence-corrected chi connectivity index (χ3v) is 6.43. The highest BCUT2D eigenvalue weighted by atomic mass is 35.5. The fourth-order valence-electron chi connectivity index (χ4n) is 3.46. The average Bonchev–Trinajstić information content (AvgIpc) is 3.22. The molecule has 0 spiro atoms. The Morgan fingerprint density at radius 3 is 2.50 bits per heavy atom. The van der Waals surface area contributed by atoms with Crippen LogP contribution in [0.3, 0.4) is 0 Å². The second kappa shape index (κ2) is 9.83. The van der Waals surface area contributed by atoms with E-state index in [4.69, 9.17) is 23.2 Å². The van der Waals surface area contributed by atoms with Crippen LogP contribution < -0.4 is 10.2 Å². The Morgan fingerprint density at radius 1 is 1.12 bits per heavy atom. The maximum atomic E-state index is 12.5.